The number of amides is 1. The summed E-state index contributed by atoms with van der Waals surface area (Å²) in [6.45, 7) is 18.8. The third kappa shape index (κ3) is 9.80. The Labute approximate surface area is 119 Å². The number of carbonyl (C=O) groups excluding carboxylic acids is 1. The second-order valence-corrected chi connectivity index (χ2v) is 8.66. The van der Waals surface area contributed by atoms with Crippen LogP contribution in [0.4, 0.5) is 4.79 Å². The van der Waals surface area contributed by atoms with Crippen LogP contribution in [-0.2, 0) is 4.74 Å². The van der Waals surface area contributed by atoms with E-state index in [1.165, 1.54) is 0 Å². The third-order valence-electron chi connectivity index (χ3n) is 2.92. The van der Waals surface area contributed by atoms with Crippen molar-refractivity contribution in [3.63, 3.8) is 0 Å². The van der Waals surface area contributed by atoms with Crippen LogP contribution in [0.15, 0.2) is 0 Å². The van der Waals surface area contributed by atoms with Gasteiger partial charge in [-0.05, 0) is 44.4 Å². The van der Waals surface area contributed by atoms with E-state index in [-0.39, 0.29) is 23.0 Å². The van der Waals surface area contributed by atoms with Gasteiger partial charge in [-0.3, -0.25) is 0 Å². The summed E-state index contributed by atoms with van der Waals surface area (Å²) < 4.78 is 5.35. The SMILES string of the molecule is CC(C)(C)CCC(NC(=O)OC(C)(C)C)C(C)(C)C. The molecule has 0 aliphatic rings. The van der Waals surface area contributed by atoms with E-state index in [2.05, 4.69) is 46.9 Å². The first-order valence-electron chi connectivity index (χ1n) is 7.20. The number of rotatable bonds is 3. The summed E-state index contributed by atoms with van der Waals surface area (Å²) in [5, 5.41) is 3.02. The summed E-state index contributed by atoms with van der Waals surface area (Å²) >= 11 is 0. The van der Waals surface area contributed by atoms with Gasteiger partial charge in [0.1, 0.15) is 5.60 Å². The zero-order valence-corrected chi connectivity index (χ0v) is 14.3. The molecule has 0 spiro atoms. The summed E-state index contributed by atoms with van der Waals surface area (Å²) in [5.74, 6) is 0. The van der Waals surface area contributed by atoms with Crippen LogP contribution in [0.3, 0.4) is 0 Å². The monoisotopic (exact) mass is 271 g/mol. The van der Waals surface area contributed by atoms with Crippen LogP contribution in [0, 0.1) is 10.8 Å². The van der Waals surface area contributed by atoms with Crippen LogP contribution in [0.2, 0.25) is 0 Å². The highest BCUT2D eigenvalue weighted by molar-refractivity contribution is 5.68. The molecule has 0 rings (SSSR count). The fourth-order valence-electron chi connectivity index (χ4n) is 1.75. The maximum atomic E-state index is 11.9. The van der Waals surface area contributed by atoms with E-state index in [1.807, 2.05) is 20.8 Å². The lowest BCUT2D eigenvalue weighted by atomic mass is 9.80. The van der Waals surface area contributed by atoms with E-state index in [1.54, 1.807) is 0 Å². The van der Waals surface area contributed by atoms with Gasteiger partial charge >= 0.3 is 6.09 Å². The summed E-state index contributed by atoms with van der Waals surface area (Å²) in [6.07, 6.45) is 1.72. The van der Waals surface area contributed by atoms with Crippen LogP contribution >= 0.6 is 0 Å². The number of alkyl carbamates (subject to hydrolysis) is 1. The van der Waals surface area contributed by atoms with Gasteiger partial charge in [-0.25, -0.2) is 4.79 Å². The molecule has 0 aliphatic carbocycles. The van der Waals surface area contributed by atoms with Gasteiger partial charge in [0.15, 0.2) is 0 Å². The van der Waals surface area contributed by atoms with Gasteiger partial charge in [-0.2, -0.15) is 0 Å². The molecule has 0 saturated heterocycles. The quantitative estimate of drug-likeness (QED) is 0.804. The number of hydrogen-bond donors (Lipinski definition) is 1. The Kier molecular flexibility index (Phi) is 5.91. The molecular formula is C16H33NO2. The van der Waals surface area contributed by atoms with Gasteiger partial charge in [0.25, 0.3) is 0 Å². The Hall–Kier alpha value is -0.730. The minimum atomic E-state index is -0.448. The smallest absolute Gasteiger partial charge is 0.407 e. The molecule has 1 N–H and O–H groups in total. The molecule has 114 valence electrons. The average molecular weight is 271 g/mol. The number of ether oxygens (including phenoxy) is 1. The van der Waals surface area contributed by atoms with E-state index in [9.17, 15) is 4.79 Å². The Balaban J connectivity index is 4.58. The first kappa shape index (κ1) is 18.3. The fraction of sp³-hybridized carbons (Fsp3) is 0.938. The normalized spacial score (nSPS) is 15.0. The van der Waals surface area contributed by atoms with Crippen molar-refractivity contribution in [3.8, 4) is 0 Å². The van der Waals surface area contributed by atoms with Crippen LogP contribution in [0.1, 0.15) is 75.2 Å². The molecule has 0 saturated carbocycles. The van der Waals surface area contributed by atoms with Crippen molar-refractivity contribution in [1.29, 1.82) is 0 Å². The molecule has 0 aromatic carbocycles. The highest BCUT2D eigenvalue weighted by Crippen LogP contribution is 2.29. The van der Waals surface area contributed by atoms with E-state index in [0.29, 0.717) is 0 Å². The Morgan fingerprint density at radius 1 is 1.00 bits per heavy atom. The molecule has 0 aromatic rings. The summed E-state index contributed by atoms with van der Waals surface area (Å²) in [5.41, 5.74) is -0.141. The van der Waals surface area contributed by atoms with Gasteiger partial charge < -0.3 is 10.1 Å². The molecular weight excluding hydrogens is 238 g/mol. The summed E-state index contributed by atoms with van der Waals surface area (Å²) in [4.78, 5) is 11.9. The number of carbonyl (C=O) groups is 1. The number of nitrogens with one attached hydrogen (secondary N) is 1. The first-order valence-corrected chi connectivity index (χ1v) is 7.20. The van der Waals surface area contributed by atoms with E-state index >= 15 is 0 Å². The van der Waals surface area contributed by atoms with E-state index in [4.69, 9.17) is 4.74 Å². The van der Waals surface area contributed by atoms with Crippen molar-refractivity contribution in [1.82, 2.24) is 5.32 Å². The minimum absolute atomic E-state index is 0.0299. The minimum Gasteiger partial charge on any atom is -0.444 e. The largest absolute Gasteiger partial charge is 0.444 e. The highest BCUT2D eigenvalue weighted by Gasteiger charge is 2.29. The average Bonchev–Trinajstić information content (AvgIpc) is 2.05. The van der Waals surface area contributed by atoms with Crippen molar-refractivity contribution >= 4 is 6.09 Å². The topological polar surface area (TPSA) is 38.3 Å². The molecule has 19 heavy (non-hydrogen) atoms. The fourth-order valence-corrected chi connectivity index (χ4v) is 1.75. The van der Waals surface area contributed by atoms with Crippen LogP contribution in [0.25, 0.3) is 0 Å². The van der Waals surface area contributed by atoms with Gasteiger partial charge in [0.05, 0.1) is 0 Å². The summed E-state index contributed by atoms with van der Waals surface area (Å²) in [6, 6.07) is 0.126. The zero-order valence-electron chi connectivity index (χ0n) is 14.3. The Morgan fingerprint density at radius 3 is 1.79 bits per heavy atom. The van der Waals surface area contributed by atoms with Crippen LogP contribution in [-0.4, -0.2) is 17.7 Å². The van der Waals surface area contributed by atoms with Crippen LogP contribution < -0.4 is 5.32 Å². The van der Waals surface area contributed by atoms with Crippen molar-refractivity contribution in [3.05, 3.63) is 0 Å². The standard InChI is InChI=1S/C16H33NO2/c1-14(2,3)11-10-12(15(4,5)6)17-13(18)19-16(7,8)9/h12H,10-11H2,1-9H3,(H,17,18). The van der Waals surface area contributed by atoms with Crippen LogP contribution in [0.5, 0.6) is 0 Å². The van der Waals surface area contributed by atoms with Gasteiger partial charge in [0, 0.05) is 6.04 Å². The molecule has 0 fully saturated rings. The zero-order chi connectivity index (χ0) is 15.5. The maximum absolute atomic E-state index is 11.9. The third-order valence-corrected chi connectivity index (χ3v) is 2.92. The van der Waals surface area contributed by atoms with Crippen molar-refractivity contribution in [2.24, 2.45) is 10.8 Å². The lowest BCUT2D eigenvalue weighted by Gasteiger charge is -2.34. The molecule has 0 radical (unpaired) electrons. The molecule has 0 heterocycles. The molecule has 1 amide bonds. The number of hydrogen-bond acceptors (Lipinski definition) is 2. The molecule has 1 atom stereocenters. The van der Waals surface area contributed by atoms with Crippen molar-refractivity contribution in [2.45, 2.75) is 86.8 Å². The molecule has 3 nitrogen and oxygen atoms in total. The second-order valence-electron chi connectivity index (χ2n) is 8.66. The van der Waals surface area contributed by atoms with Gasteiger partial charge in [-0.1, -0.05) is 41.5 Å². The van der Waals surface area contributed by atoms with Gasteiger partial charge in [0.2, 0.25) is 0 Å². The molecule has 1 unspecified atom stereocenters. The molecule has 0 aliphatic heterocycles. The van der Waals surface area contributed by atoms with Crippen molar-refractivity contribution in [2.75, 3.05) is 0 Å². The lowest BCUT2D eigenvalue weighted by Crippen LogP contribution is -2.46. The Bertz CT molecular complexity index is 289. The molecule has 0 bridgehead atoms. The maximum Gasteiger partial charge on any atom is 0.407 e. The van der Waals surface area contributed by atoms with Gasteiger partial charge in [-0.15, -0.1) is 0 Å². The Morgan fingerprint density at radius 2 is 1.47 bits per heavy atom. The second kappa shape index (κ2) is 6.15. The van der Waals surface area contributed by atoms with Crippen molar-refractivity contribution < 1.29 is 9.53 Å². The molecule has 3 heteroatoms. The summed E-state index contributed by atoms with van der Waals surface area (Å²) in [7, 11) is 0. The lowest BCUT2D eigenvalue weighted by molar-refractivity contribution is 0.0452. The van der Waals surface area contributed by atoms with E-state index < -0.39 is 5.60 Å². The predicted octanol–water partition coefficient (Wildman–Crippen LogP) is 4.75. The highest BCUT2D eigenvalue weighted by atomic mass is 16.6. The molecule has 0 aromatic heterocycles. The van der Waals surface area contributed by atoms with E-state index in [0.717, 1.165) is 12.8 Å². The predicted molar refractivity (Wildman–Crippen MR) is 81.3 cm³/mol. The first-order chi connectivity index (χ1) is 8.21.